The molecule has 0 unspecified atom stereocenters. The average Bonchev–Trinajstić information content (AvgIpc) is 3.67. The van der Waals surface area contributed by atoms with Crippen LogP contribution in [0.2, 0.25) is 0 Å². The van der Waals surface area contributed by atoms with Crippen LogP contribution in [-0.4, -0.2) is 38.5 Å². The van der Waals surface area contributed by atoms with Gasteiger partial charge in [0.2, 0.25) is 5.91 Å². The number of nitro benzene ring substituents is 1. The first-order valence-corrected chi connectivity index (χ1v) is 13.9. The van der Waals surface area contributed by atoms with Crippen molar-refractivity contribution in [1.82, 2.24) is 14.8 Å². The van der Waals surface area contributed by atoms with Crippen molar-refractivity contribution in [1.29, 1.82) is 0 Å². The van der Waals surface area contributed by atoms with E-state index in [1.165, 1.54) is 56.3 Å². The van der Waals surface area contributed by atoms with Crippen LogP contribution in [0.15, 0.2) is 47.6 Å². The minimum atomic E-state index is -0.569. The second-order valence-corrected chi connectivity index (χ2v) is 11.0. The molecule has 0 aliphatic heterocycles. The molecule has 12 heteroatoms. The number of carbonyl (C=O) groups excluding carboxylic acids is 1. The lowest BCUT2D eigenvalue weighted by Gasteiger charge is -2.30. The van der Waals surface area contributed by atoms with Crippen molar-refractivity contribution in [2.75, 3.05) is 18.2 Å². The van der Waals surface area contributed by atoms with Gasteiger partial charge < -0.3 is 14.8 Å². The second kappa shape index (κ2) is 11.6. The van der Waals surface area contributed by atoms with Gasteiger partial charge in [-0.15, -0.1) is 10.2 Å². The summed E-state index contributed by atoms with van der Waals surface area (Å²) in [4.78, 5) is 23.7. The fourth-order valence-electron chi connectivity index (χ4n) is 5.91. The van der Waals surface area contributed by atoms with Crippen LogP contribution in [-0.2, 0) is 11.4 Å². The number of nitro groups is 1. The Hall–Kier alpha value is -3.67. The number of halogens is 1. The molecular weight excluding hydrogens is 525 g/mol. The SMILES string of the molecule is COc1ccc(NC(=O)CSc2nnc(COc3ccccc3F)n2[C@@H](C)[C@@H]2C[C@@H]3CC[C@@H]2C3)c([N+](=O)[O-])c1. The average molecular weight is 556 g/mol. The number of para-hydroxylation sites is 1. The number of hydrogen-bond acceptors (Lipinski definition) is 8. The van der Waals surface area contributed by atoms with Gasteiger partial charge in [0.05, 0.1) is 23.9 Å². The summed E-state index contributed by atoms with van der Waals surface area (Å²) in [6, 6.07) is 10.5. The number of methoxy groups -OCH3 is 1. The third-order valence-corrected chi connectivity index (χ3v) is 8.70. The van der Waals surface area contributed by atoms with Crippen LogP contribution in [0.3, 0.4) is 0 Å². The molecule has 1 aromatic heterocycles. The Labute approximate surface area is 229 Å². The number of nitrogens with one attached hydrogen (secondary N) is 1. The summed E-state index contributed by atoms with van der Waals surface area (Å²) in [6.45, 7) is 2.18. The summed E-state index contributed by atoms with van der Waals surface area (Å²) in [5.41, 5.74) is -0.171. The number of thioether (sulfide) groups is 1. The van der Waals surface area contributed by atoms with E-state index in [1.54, 1.807) is 24.3 Å². The van der Waals surface area contributed by atoms with Crippen LogP contribution in [0.5, 0.6) is 11.5 Å². The molecule has 2 aliphatic carbocycles. The summed E-state index contributed by atoms with van der Waals surface area (Å²) in [5, 5.41) is 23.3. The standard InChI is InChI=1S/C27H30FN5O5S/c1-16(20-12-17-7-8-18(20)11-17)32-25(14-38-24-6-4-3-5-21(24)28)30-31-27(32)39-15-26(34)29-22-10-9-19(37-2)13-23(22)33(35)36/h3-6,9-10,13,16-18,20H,7-8,11-12,14-15H2,1-2H3,(H,29,34)/t16-,17+,18+,20-/m0/s1. The van der Waals surface area contributed by atoms with Gasteiger partial charge in [0.15, 0.2) is 22.5 Å². The lowest BCUT2D eigenvalue weighted by Crippen LogP contribution is -2.25. The minimum Gasteiger partial charge on any atom is -0.496 e. The fourth-order valence-corrected chi connectivity index (χ4v) is 6.75. The second-order valence-electron chi connectivity index (χ2n) is 10.0. The Bertz CT molecular complexity index is 1370. The molecule has 2 bridgehead atoms. The van der Waals surface area contributed by atoms with Crippen LogP contribution in [0.4, 0.5) is 15.8 Å². The maximum absolute atomic E-state index is 14.1. The number of benzene rings is 2. The lowest BCUT2D eigenvalue weighted by molar-refractivity contribution is -0.384. The zero-order valence-electron chi connectivity index (χ0n) is 21.7. The molecule has 4 atom stereocenters. The Morgan fingerprint density at radius 2 is 2.08 bits per heavy atom. The fraction of sp³-hybridized carbons (Fsp3) is 0.444. The molecule has 0 radical (unpaired) electrons. The van der Waals surface area contributed by atoms with Crippen molar-refractivity contribution in [3.8, 4) is 11.5 Å². The number of nitrogens with zero attached hydrogens (tertiary/aromatic N) is 4. The van der Waals surface area contributed by atoms with Gasteiger partial charge in [0.1, 0.15) is 18.0 Å². The van der Waals surface area contributed by atoms with Gasteiger partial charge in [0.25, 0.3) is 5.69 Å². The van der Waals surface area contributed by atoms with Crippen LogP contribution in [0.25, 0.3) is 0 Å². The van der Waals surface area contributed by atoms with Crippen molar-refractivity contribution >= 4 is 29.0 Å². The zero-order chi connectivity index (χ0) is 27.5. The van der Waals surface area contributed by atoms with E-state index in [-0.39, 0.29) is 35.5 Å². The van der Waals surface area contributed by atoms with E-state index < -0.39 is 16.6 Å². The Morgan fingerprint density at radius 1 is 1.26 bits per heavy atom. The molecule has 206 valence electrons. The number of amides is 1. The van der Waals surface area contributed by atoms with Gasteiger partial charge in [-0.25, -0.2) is 4.39 Å². The monoisotopic (exact) mass is 555 g/mol. The maximum Gasteiger partial charge on any atom is 0.296 e. The number of hydrogen-bond donors (Lipinski definition) is 1. The summed E-state index contributed by atoms with van der Waals surface area (Å²) in [5.74, 6) is 1.96. The number of ether oxygens (including phenoxy) is 2. The van der Waals surface area contributed by atoms with E-state index >= 15 is 0 Å². The first kappa shape index (κ1) is 26.9. The molecule has 1 heterocycles. The number of anilines is 1. The number of carbonyl (C=O) groups is 1. The van der Waals surface area contributed by atoms with Gasteiger partial charge in [0, 0.05) is 6.04 Å². The van der Waals surface area contributed by atoms with Crippen molar-refractivity contribution in [3.63, 3.8) is 0 Å². The Kier molecular flexibility index (Phi) is 8.01. The molecule has 1 amide bonds. The van der Waals surface area contributed by atoms with Gasteiger partial charge in [-0.05, 0) is 68.2 Å². The molecular formula is C27H30FN5O5S. The maximum atomic E-state index is 14.1. The quantitative estimate of drug-likeness (QED) is 0.183. The molecule has 5 rings (SSSR count). The van der Waals surface area contributed by atoms with Gasteiger partial charge in [-0.3, -0.25) is 19.5 Å². The van der Waals surface area contributed by atoms with E-state index in [0.29, 0.717) is 28.6 Å². The Balaban J connectivity index is 1.32. The van der Waals surface area contributed by atoms with E-state index in [9.17, 15) is 19.3 Å². The normalized spacial score (nSPS) is 20.5. The molecule has 2 saturated carbocycles. The predicted octanol–water partition coefficient (Wildman–Crippen LogP) is 5.64. The molecule has 10 nitrogen and oxygen atoms in total. The van der Waals surface area contributed by atoms with Gasteiger partial charge in [-0.1, -0.05) is 30.3 Å². The van der Waals surface area contributed by atoms with Gasteiger partial charge in [-0.2, -0.15) is 0 Å². The third kappa shape index (κ3) is 5.85. The molecule has 0 spiro atoms. The summed E-state index contributed by atoms with van der Waals surface area (Å²) in [7, 11) is 1.41. The minimum absolute atomic E-state index is 0.0288. The number of fused-ring (bicyclic) bond motifs is 2. The lowest BCUT2D eigenvalue weighted by atomic mass is 9.84. The highest BCUT2D eigenvalue weighted by atomic mass is 32.2. The summed E-state index contributed by atoms with van der Waals surface area (Å²) < 4.78 is 27.0. The summed E-state index contributed by atoms with van der Waals surface area (Å²) in [6.07, 6.45) is 4.88. The molecule has 0 saturated heterocycles. The zero-order valence-corrected chi connectivity index (χ0v) is 22.5. The first-order valence-electron chi connectivity index (χ1n) is 12.9. The van der Waals surface area contributed by atoms with Gasteiger partial charge >= 0.3 is 0 Å². The van der Waals surface area contributed by atoms with Crippen molar-refractivity contribution in [3.05, 3.63) is 64.2 Å². The predicted molar refractivity (Wildman–Crippen MR) is 143 cm³/mol. The Morgan fingerprint density at radius 3 is 2.77 bits per heavy atom. The van der Waals surface area contributed by atoms with Crippen LogP contribution < -0.4 is 14.8 Å². The van der Waals surface area contributed by atoms with Crippen LogP contribution in [0.1, 0.15) is 44.5 Å². The number of rotatable bonds is 11. The van der Waals surface area contributed by atoms with Crippen molar-refractivity contribution < 1.29 is 23.6 Å². The van der Waals surface area contributed by atoms with E-state index in [4.69, 9.17) is 9.47 Å². The van der Waals surface area contributed by atoms with E-state index in [2.05, 4.69) is 22.4 Å². The molecule has 1 N–H and O–H groups in total. The van der Waals surface area contributed by atoms with Crippen LogP contribution in [0, 0.1) is 33.7 Å². The van der Waals surface area contributed by atoms with Crippen LogP contribution >= 0.6 is 11.8 Å². The largest absolute Gasteiger partial charge is 0.496 e. The summed E-state index contributed by atoms with van der Waals surface area (Å²) >= 11 is 1.20. The molecule has 39 heavy (non-hydrogen) atoms. The van der Waals surface area contributed by atoms with E-state index in [0.717, 1.165) is 12.3 Å². The smallest absolute Gasteiger partial charge is 0.296 e. The van der Waals surface area contributed by atoms with E-state index in [1.807, 2.05) is 4.57 Å². The van der Waals surface area contributed by atoms with Crippen molar-refractivity contribution in [2.24, 2.45) is 17.8 Å². The highest BCUT2D eigenvalue weighted by molar-refractivity contribution is 7.99. The highest BCUT2D eigenvalue weighted by Gasteiger charge is 2.43. The highest BCUT2D eigenvalue weighted by Crippen LogP contribution is 2.52. The molecule has 2 aliphatic rings. The topological polar surface area (TPSA) is 121 Å². The molecule has 2 fully saturated rings. The van der Waals surface area contributed by atoms with Crippen molar-refractivity contribution in [2.45, 2.75) is 50.4 Å². The number of aromatic nitrogens is 3. The third-order valence-electron chi connectivity index (χ3n) is 7.76. The molecule has 3 aromatic rings. The molecule has 2 aromatic carbocycles. The first-order chi connectivity index (χ1) is 18.8.